The van der Waals surface area contributed by atoms with Gasteiger partial charge in [-0.2, -0.15) is 0 Å². The van der Waals surface area contributed by atoms with Crippen LogP contribution in [0.1, 0.15) is 38.2 Å². The Labute approximate surface area is 93.3 Å². The van der Waals surface area contributed by atoms with Crippen LogP contribution in [-0.4, -0.2) is 0 Å². The van der Waals surface area contributed by atoms with Crippen molar-refractivity contribution < 1.29 is 0 Å². The van der Waals surface area contributed by atoms with Crippen LogP contribution >= 0.6 is 0 Å². The van der Waals surface area contributed by atoms with E-state index in [4.69, 9.17) is 0 Å². The highest BCUT2D eigenvalue weighted by atomic mass is 14.0. The minimum atomic E-state index is 1.10. The predicted molar refractivity (Wildman–Crippen MR) is 68.8 cm³/mol. The fourth-order valence-electron chi connectivity index (χ4n) is 1.49. The average molecular weight is 200 g/mol. The normalized spacial score (nSPS) is 10.7. The maximum atomic E-state index is 4.06. The molecule has 0 bridgehead atoms. The Balaban J connectivity index is 2.36. The number of hydrogen-bond donors (Lipinski definition) is 0. The average Bonchev–Trinajstić information content (AvgIpc) is 2.30. The molecule has 0 atom stereocenters. The highest BCUT2D eigenvalue weighted by Crippen LogP contribution is 2.13. The first-order valence-electron chi connectivity index (χ1n) is 5.75. The first kappa shape index (κ1) is 11.8. The lowest BCUT2D eigenvalue weighted by Crippen LogP contribution is -1.77. The van der Waals surface area contributed by atoms with Crippen molar-refractivity contribution in [2.45, 2.75) is 32.6 Å². The monoisotopic (exact) mass is 200 g/mol. The van der Waals surface area contributed by atoms with Crippen molar-refractivity contribution >= 4 is 5.57 Å². The van der Waals surface area contributed by atoms with E-state index >= 15 is 0 Å². The summed E-state index contributed by atoms with van der Waals surface area (Å²) in [5.74, 6) is 0. The smallest absolute Gasteiger partial charge is 0.0190 e. The van der Waals surface area contributed by atoms with E-state index < -0.39 is 0 Å². The highest BCUT2D eigenvalue weighted by Gasteiger charge is 1.91. The molecule has 0 fully saturated rings. The SMILES string of the molecule is C=C(/C=C/CCCCC)c1ccccc1. The van der Waals surface area contributed by atoms with E-state index in [1.807, 2.05) is 18.2 Å². The molecule has 0 N–H and O–H groups in total. The molecule has 1 aromatic carbocycles. The summed E-state index contributed by atoms with van der Waals surface area (Å²) in [4.78, 5) is 0. The maximum absolute atomic E-state index is 4.06. The van der Waals surface area contributed by atoms with Gasteiger partial charge in [0.25, 0.3) is 0 Å². The Morgan fingerprint density at radius 3 is 2.60 bits per heavy atom. The van der Waals surface area contributed by atoms with Gasteiger partial charge < -0.3 is 0 Å². The Morgan fingerprint density at radius 2 is 1.93 bits per heavy atom. The van der Waals surface area contributed by atoms with E-state index in [0.717, 1.165) is 5.57 Å². The fraction of sp³-hybridized carbons (Fsp3) is 0.333. The van der Waals surface area contributed by atoms with E-state index in [9.17, 15) is 0 Å². The summed E-state index contributed by atoms with van der Waals surface area (Å²) >= 11 is 0. The molecule has 0 aliphatic rings. The minimum Gasteiger partial charge on any atom is -0.0912 e. The second kappa shape index (κ2) is 7.05. The quantitative estimate of drug-likeness (QED) is 0.455. The molecule has 1 aromatic rings. The van der Waals surface area contributed by atoms with Gasteiger partial charge in [0.1, 0.15) is 0 Å². The summed E-state index contributed by atoms with van der Waals surface area (Å²) in [6.45, 7) is 6.28. The molecule has 0 saturated carbocycles. The van der Waals surface area contributed by atoms with Crippen molar-refractivity contribution in [3.8, 4) is 0 Å². The summed E-state index contributed by atoms with van der Waals surface area (Å²) < 4.78 is 0. The third kappa shape index (κ3) is 4.64. The van der Waals surface area contributed by atoms with Crippen LogP contribution in [0.15, 0.2) is 49.1 Å². The summed E-state index contributed by atoms with van der Waals surface area (Å²) in [7, 11) is 0. The lowest BCUT2D eigenvalue weighted by atomic mass is 10.1. The van der Waals surface area contributed by atoms with E-state index in [0.29, 0.717) is 0 Å². The Hall–Kier alpha value is -1.30. The van der Waals surface area contributed by atoms with Crippen molar-refractivity contribution in [1.29, 1.82) is 0 Å². The topological polar surface area (TPSA) is 0 Å². The van der Waals surface area contributed by atoms with Crippen LogP contribution in [0.4, 0.5) is 0 Å². The molecule has 0 radical (unpaired) electrons. The molecule has 80 valence electrons. The van der Waals surface area contributed by atoms with Gasteiger partial charge in [-0.25, -0.2) is 0 Å². The van der Waals surface area contributed by atoms with Gasteiger partial charge in [-0.3, -0.25) is 0 Å². The van der Waals surface area contributed by atoms with Crippen LogP contribution in [0.25, 0.3) is 5.57 Å². The second-order valence-corrected chi connectivity index (χ2v) is 3.79. The number of allylic oxidation sites excluding steroid dienone is 3. The Morgan fingerprint density at radius 1 is 1.20 bits per heavy atom. The van der Waals surface area contributed by atoms with Gasteiger partial charge in [-0.1, -0.05) is 68.8 Å². The summed E-state index contributed by atoms with van der Waals surface area (Å²) in [6.07, 6.45) is 9.42. The van der Waals surface area contributed by atoms with Gasteiger partial charge in [0, 0.05) is 0 Å². The van der Waals surface area contributed by atoms with E-state index in [1.165, 1.54) is 31.2 Å². The van der Waals surface area contributed by atoms with Crippen molar-refractivity contribution in [2.24, 2.45) is 0 Å². The fourth-order valence-corrected chi connectivity index (χ4v) is 1.49. The molecule has 0 spiro atoms. The predicted octanol–water partition coefficient (Wildman–Crippen LogP) is 4.84. The van der Waals surface area contributed by atoms with E-state index in [1.54, 1.807) is 0 Å². The molecular formula is C15H20. The molecular weight excluding hydrogens is 180 g/mol. The maximum Gasteiger partial charge on any atom is -0.0190 e. The van der Waals surface area contributed by atoms with Crippen molar-refractivity contribution in [3.63, 3.8) is 0 Å². The third-order valence-corrected chi connectivity index (χ3v) is 2.44. The van der Waals surface area contributed by atoms with Gasteiger partial charge in [0.15, 0.2) is 0 Å². The zero-order valence-corrected chi connectivity index (χ0v) is 9.58. The molecule has 0 unspecified atom stereocenters. The molecule has 0 nitrogen and oxygen atoms in total. The van der Waals surface area contributed by atoms with Crippen molar-refractivity contribution in [3.05, 3.63) is 54.6 Å². The Kier molecular flexibility index (Phi) is 5.54. The van der Waals surface area contributed by atoms with Crippen LogP contribution in [0.2, 0.25) is 0 Å². The lowest BCUT2D eigenvalue weighted by molar-refractivity contribution is 0.729. The van der Waals surface area contributed by atoms with Gasteiger partial charge in [-0.15, -0.1) is 0 Å². The first-order valence-corrected chi connectivity index (χ1v) is 5.75. The lowest BCUT2D eigenvalue weighted by Gasteiger charge is -1.99. The number of rotatable bonds is 6. The first-order chi connectivity index (χ1) is 7.34. The molecule has 0 aliphatic carbocycles. The molecule has 0 aliphatic heterocycles. The van der Waals surface area contributed by atoms with E-state index in [-0.39, 0.29) is 0 Å². The van der Waals surface area contributed by atoms with Crippen LogP contribution in [0, 0.1) is 0 Å². The number of hydrogen-bond acceptors (Lipinski definition) is 0. The van der Waals surface area contributed by atoms with Crippen LogP contribution in [0.5, 0.6) is 0 Å². The minimum absolute atomic E-state index is 1.10. The number of benzene rings is 1. The third-order valence-electron chi connectivity index (χ3n) is 2.44. The molecule has 0 aromatic heterocycles. The second-order valence-electron chi connectivity index (χ2n) is 3.79. The largest absolute Gasteiger partial charge is 0.0912 e. The van der Waals surface area contributed by atoms with Crippen LogP contribution in [0.3, 0.4) is 0 Å². The molecule has 0 heterocycles. The molecule has 0 amide bonds. The van der Waals surface area contributed by atoms with Gasteiger partial charge in [-0.05, 0) is 24.0 Å². The van der Waals surface area contributed by atoms with E-state index in [2.05, 4.69) is 37.8 Å². The zero-order valence-electron chi connectivity index (χ0n) is 9.58. The molecule has 1 rings (SSSR count). The molecule has 0 heteroatoms. The molecule has 0 saturated heterocycles. The summed E-state index contributed by atoms with van der Waals surface area (Å²) in [6, 6.07) is 10.3. The van der Waals surface area contributed by atoms with Crippen molar-refractivity contribution in [2.75, 3.05) is 0 Å². The highest BCUT2D eigenvalue weighted by molar-refractivity contribution is 5.71. The summed E-state index contributed by atoms with van der Waals surface area (Å²) in [5.41, 5.74) is 2.32. The summed E-state index contributed by atoms with van der Waals surface area (Å²) in [5, 5.41) is 0. The van der Waals surface area contributed by atoms with Gasteiger partial charge in [0.05, 0.1) is 0 Å². The number of unbranched alkanes of at least 4 members (excludes halogenated alkanes) is 3. The van der Waals surface area contributed by atoms with Gasteiger partial charge in [0.2, 0.25) is 0 Å². The Bertz CT molecular complexity index is 306. The van der Waals surface area contributed by atoms with Crippen LogP contribution in [-0.2, 0) is 0 Å². The molecule has 15 heavy (non-hydrogen) atoms. The zero-order chi connectivity index (χ0) is 10.9. The van der Waals surface area contributed by atoms with Gasteiger partial charge >= 0.3 is 0 Å². The van der Waals surface area contributed by atoms with Crippen LogP contribution < -0.4 is 0 Å². The van der Waals surface area contributed by atoms with Crippen molar-refractivity contribution in [1.82, 2.24) is 0 Å². The standard InChI is InChI=1S/C15H20/c1-3-4-5-6-8-11-14(2)15-12-9-7-10-13-15/h7-13H,2-6H2,1H3/b11-8+.